The maximum atomic E-state index is 12.3. The highest BCUT2D eigenvalue weighted by atomic mass is 32.2. The lowest BCUT2D eigenvalue weighted by atomic mass is 9.99. The number of nitrogens with one attached hydrogen (secondary N) is 3. The molecule has 28 heavy (non-hydrogen) atoms. The van der Waals surface area contributed by atoms with Gasteiger partial charge >= 0.3 is 5.97 Å². The SMILES string of the molecule is CCC(C)C(N)C(=O)NC(C)C(=O)NC(CS)C(=O)NC(CCSC)C(=O)O. The molecule has 0 radical (unpaired) electrons. The van der Waals surface area contributed by atoms with Crippen molar-refractivity contribution in [2.75, 3.05) is 17.8 Å². The third-order valence-corrected chi connectivity index (χ3v) is 5.36. The first kappa shape index (κ1) is 26.5. The monoisotopic (exact) mass is 436 g/mol. The standard InChI is InChI=1S/C17H32N4O5S2/c1-5-9(2)13(18)16(24)19-10(3)14(22)21-12(8-27)15(23)20-11(17(25)26)6-7-28-4/h9-13,27H,5-8,18H2,1-4H3,(H,19,24)(H,20,23)(H,21,22)(H,25,26). The van der Waals surface area contributed by atoms with Crippen LogP contribution in [-0.4, -0.2) is 70.7 Å². The van der Waals surface area contributed by atoms with Gasteiger partial charge in [0.1, 0.15) is 18.1 Å². The van der Waals surface area contributed by atoms with E-state index in [2.05, 4.69) is 28.6 Å². The van der Waals surface area contributed by atoms with E-state index in [1.165, 1.54) is 18.7 Å². The molecule has 0 saturated heterocycles. The summed E-state index contributed by atoms with van der Waals surface area (Å²) in [5.41, 5.74) is 5.84. The maximum Gasteiger partial charge on any atom is 0.326 e. The van der Waals surface area contributed by atoms with Crippen LogP contribution in [0.5, 0.6) is 0 Å². The molecular formula is C17H32N4O5S2. The number of carboxylic acids is 1. The zero-order valence-electron chi connectivity index (χ0n) is 16.7. The predicted octanol–water partition coefficient (Wildman–Crippen LogP) is -0.398. The third kappa shape index (κ3) is 9.16. The van der Waals surface area contributed by atoms with Crippen molar-refractivity contribution in [3.8, 4) is 0 Å². The van der Waals surface area contributed by atoms with Crippen molar-refractivity contribution < 1.29 is 24.3 Å². The summed E-state index contributed by atoms with van der Waals surface area (Å²) < 4.78 is 0. The Balaban J connectivity index is 4.81. The fourth-order valence-electron chi connectivity index (χ4n) is 2.14. The number of amides is 3. The summed E-state index contributed by atoms with van der Waals surface area (Å²) in [6, 6.07) is -3.74. The molecule has 11 heteroatoms. The Morgan fingerprint density at radius 3 is 2.07 bits per heavy atom. The Bertz CT molecular complexity index is 550. The Hall–Kier alpha value is -1.46. The first-order chi connectivity index (χ1) is 13.1. The highest BCUT2D eigenvalue weighted by Gasteiger charge is 2.28. The minimum absolute atomic E-state index is 0.0283. The number of hydrogen-bond donors (Lipinski definition) is 6. The molecular weight excluding hydrogens is 404 g/mol. The van der Waals surface area contributed by atoms with Crippen molar-refractivity contribution in [3.05, 3.63) is 0 Å². The molecule has 0 spiro atoms. The van der Waals surface area contributed by atoms with Crippen LogP contribution in [0.15, 0.2) is 0 Å². The quantitative estimate of drug-likeness (QED) is 0.215. The zero-order valence-corrected chi connectivity index (χ0v) is 18.4. The molecule has 5 unspecified atom stereocenters. The second kappa shape index (κ2) is 13.7. The van der Waals surface area contributed by atoms with Crippen LogP contribution in [0.4, 0.5) is 0 Å². The molecule has 0 aromatic rings. The molecule has 0 aliphatic heterocycles. The highest BCUT2D eigenvalue weighted by molar-refractivity contribution is 7.98. The molecule has 0 heterocycles. The fourth-order valence-corrected chi connectivity index (χ4v) is 2.87. The van der Waals surface area contributed by atoms with Crippen molar-refractivity contribution >= 4 is 48.1 Å². The Labute approximate surface area is 175 Å². The summed E-state index contributed by atoms with van der Waals surface area (Å²) in [7, 11) is 0. The molecule has 0 aromatic heterocycles. The molecule has 6 N–H and O–H groups in total. The number of nitrogens with two attached hydrogens (primary N) is 1. The van der Waals surface area contributed by atoms with Crippen LogP contribution in [-0.2, 0) is 19.2 Å². The van der Waals surface area contributed by atoms with Gasteiger partial charge in [0.2, 0.25) is 17.7 Å². The van der Waals surface area contributed by atoms with Crippen molar-refractivity contribution in [2.24, 2.45) is 11.7 Å². The molecule has 0 saturated carbocycles. The van der Waals surface area contributed by atoms with Gasteiger partial charge in [-0.25, -0.2) is 4.79 Å². The summed E-state index contributed by atoms with van der Waals surface area (Å²) in [4.78, 5) is 48.0. The first-order valence-electron chi connectivity index (χ1n) is 9.08. The van der Waals surface area contributed by atoms with Crippen LogP contribution in [0, 0.1) is 5.92 Å². The number of thiol groups is 1. The van der Waals surface area contributed by atoms with Gasteiger partial charge in [-0.15, -0.1) is 0 Å². The maximum absolute atomic E-state index is 12.3. The molecule has 0 rings (SSSR count). The van der Waals surface area contributed by atoms with Crippen molar-refractivity contribution in [2.45, 2.75) is 57.8 Å². The normalized spacial score (nSPS) is 16.2. The minimum Gasteiger partial charge on any atom is -0.480 e. The first-order valence-corrected chi connectivity index (χ1v) is 11.1. The summed E-state index contributed by atoms with van der Waals surface area (Å²) in [6.45, 7) is 5.22. The summed E-state index contributed by atoms with van der Waals surface area (Å²) >= 11 is 5.52. The molecule has 0 aliphatic rings. The molecule has 9 nitrogen and oxygen atoms in total. The van der Waals surface area contributed by atoms with E-state index in [4.69, 9.17) is 5.73 Å². The Morgan fingerprint density at radius 2 is 1.61 bits per heavy atom. The Morgan fingerprint density at radius 1 is 1.04 bits per heavy atom. The van der Waals surface area contributed by atoms with E-state index in [-0.39, 0.29) is 18.1 Å². The van der Waals surface area contributed by atoms with Crippen LogP contribution >= 0.6 is 24.4 Å². The van der Waals surface area contributed by atoms with Crippen LogP contribution in [0.1, 0.15) is 33.6 Å². The largest absolute Gasteiger partial charge is 0.480 e. The second-order valence-corrected chi connectivity index (χ2v) is 7.92. The summed E-state index contributed by atoms with van der Waals surface area (Å²) in [5.74, 6) is -2.34. The van der Waals surface area contributed by atoms with E-state index in [0.717, 1.165) is 6.42 Å². The lowest BCUT2D eigenvalue weighted by Gasteiger charge is -2.23. The molecule has 0 bridgehead atoms. The van der Waals surface area contributed by atoms with E-state index >= 15 is 0 Å². The zero-order chi connectivity index (χ0) is 21.9. The topological polar surface area (TPSA) is 151 Å². The lowest BCUT2D eigenvalue weighted by molar-refractivity contribution is -0.142. The van der Waals surface area contributed by atoms with Crippen LogP contribution < -0.4 is 21.7 Å². The molecule has 0 aliphatic carbocycles. The summed E-state index contributed by atoms with van der Waals surface area (Å²) in [5, 5.41) is 16.6. The second-order valence-electron chi connectivity index (χ2n) is 6.57. The number of rotatable bonds is 13. The highest BCUT2D eigenvalue weighted by Crippen LogP contribution is 2.06. The van der Waals surface area contributed by atoms with Gasteiger partial charge in [-0.1, -0.05) is 20.3 Å². The fraction of sp³-hybridized carbons (Fsp3) is 0.765. The van der Waals surface area contributed by atoms with E-state index in [1.807, 2.05) is 20.1 Å². The molecule has 5 atom stereocenters. The van der Waals surface area contributed by atoms with Gasteiger partial charge < -0.3 is 26.8 Å². The van der Waals surface area contributed by atoms with Crippen molar-refractivity contribution in [1.29, 1.82) is 0 Å². The van der Waals surface area contributed by atoms with Gasteiger partial charge in [0.15, 0.2) is 0 Å². The lowest BCUT2D eigenvalue weighted by Crippen LogP contribution is -2.57. The van der Waals surface area contributed by atoms with Crippen molar-refractivity contribution in [3.63, 3.8) is 0 Å². The van der Waals surface area contributed by atoms with Gasteiger partial charge in [0.25, 0.3) is 0 Å². The number of carboxylic acid groups (broad SMARTS) is 1. The number of thioether (sulfide) groups is 1. The molecule has 3 amide bonds. The van der Waals surface area contributed by atoms with Gasteiger partial charge in [-0.3, -0.25) is 14.4 Å². The van der Waals surface area contributed by atoms with E-state index < -0.39 is 47.9 Å². The van der Waals surface area contributed by atoms with E-state index in [9.17, 15) is 24.3 Å². The average Bonchev–Trinajstić information content (AvgIpc) is 2.66. The average molecular weight is 437 g/mol. The van der Waals surface area contributed by atoms with Crippen LogP contribution in [0.2, 0.25) is 0 Å². The third-order valence-electron chi connectivity index (χ3n) is 4.35. The van der Waals surface area contributed by atoms with E-state index in [1.54, 1.807) is 0 Å². The van der Waals surface area contributed by atoms with Gasteiger partial charge in [0, 0.05) is 5.75 Å². The number of aliphatic carboxylic acids is 1. The van der Waals surface area contributed by atoms with Crippen LogP contribution in [0.25, 0.3) is 0 Å². The number of carbonyl (C=O) groups excluding carboxylic acids is 3. The molecule has 0 aromatic carbocycles. The van der Waals surface area contributed by atoms with Gasteiger partial charge in [0.05, 0.1) is 6.04 Å². The van der Waals surface area contributed by atoms with Crippen LogP contribution in [0.3, 0.4) is 0 Å². The predicted molar refractivity (Wildman–Crippen MR) is 113 cm³/mol. The smallest absolute Gasteiger partial charge is 0.326 e. The van der Waals surface area contributed by atoms with E-state index in [0.29, 0.717) is 5.75 Å². The number of carbonyl (C=O) groups is 4. The number of hydrogen-bond acceptors (Lipinski definition) is 7. The van der Waals surface area contributed by atoms with Crippen molar-refractivity contribution in [1.82, 2.24) is 16.0 Å². The summed E-state index contributed by atoms with van der Waals surface area (Å²) in [6.07, 6.45) is 2.81. The van der Waals surface area contributed by atoms with Gasteiger partial charge in [-0.2, -0.15) is 24.4 Å². The molecule has 0 fully saturated rings. The Kier molecular flexibility index (Phi) is 13.0. The molecule has 162 valence electrons. The minimum atomic E-state index is -1.15. The van der Waals surface area contributed by atoms with Gasteiger partial charge in [-0.05, 0) is 31.3 Å².